The summed E-state index contributed by atoms with van der Waals surface area (Å²) in [6, 6.07) is 15.2. The first-order valence-electron chi connectivity index (χ1n) is 9.02. The van der Waals surface area contributed by atoms with E-state index in [-0.39, 0.29) is 0 Å². The second-order valence-electron chi connectivity index (χ2n) is 6.39. The summed E-state index contributed by atoms with van der Waals surface area (Å²) in [5, 5.41) is 0.835. The number of benzene rings is 2. The van der Waals surface area contributed by atoms with Crippen molar-refractivity contribution < 1.29 is 0 Å². The van der Waals surface area contributed by atoms with Crippen LogP contribution >= 0.6 is 11.6 Å². The van der Waals surface area contributed by atoms with Crippen molar-refractivity contribution in [3.8, 4) is 0 Å². The lowest BCUT2D eigenvalue weighted by atomic mass is 9.93. The zero-order valence-electron chi connectivity index (χ0n) is 14.7. The van der Waals surface area contributed by atoms with E-state index < -0.39 is 0 Å². The molecule has 1 aliphatic rings. The van der Waals surface area contributed by atoms with Gasteiger partial charge < -0.3 is 4.90 Å². The molecular formula is C22H26ClN. The van der Waals surface area contributed by atoms with Crippen LogP contribution in [-0.4, -0.2) is 24.5 Å². The number of fused-ring (bicyclic) bond motifs is 2. The van der Waals surface area contributed by atoms with Crippen LogP contribution in [-0.2, 0) is 12.8 Å². The fraction of sp³-hybridized carbons (Fsp3) is 0.364. The lowest BCUT2D eigenvalue weighted by Crippen LogP contribution is -2.23. The summed E-state index contributed by atoms with van der Waals surface area (Å²) in [5.41, 5.74) is 6.93. The summed E-state index contributed by atoms with van der Waals surface area (Å²) in [4.78, 5) is 2.47. The lowest BCUT2D eigenvalue weighted by molar-refractivity contribution is 0.310. The van der Waals surface area contributed by atoms with Gasteiger partial charge in [0.15, 0.2) is 0 Å². The van der Waals surface area contributed by atoms with E-state index in [0.717, 1.165) is 43.9 Å². The molecule has 0 unspecified atom stereocenters. The smallest absolute Gasteiger partial charge is 0.0409 e. The van der Waals surface area contributed by atoms with Crippen LogP contribution in [0.15, 0.2) is 48.5 Å². The first kappa shape index (κ1) is 17.3. The largest absolute Gasteiger partial charge is 0.304 e. The first-order chi connectivity index (χ1) is 11.7. The average molecular weight is 340 g/mol. The molecule has 3 rings (SSSR count). The number of rotatable bonds is 5. The van der Waals surface area contributed by atoms with Gasteiger partial charge >= 0.3 is 0 Å². The van der Waals surface area contributed by atoms with E-state index in [2.05, 4.69) is 61.2 Å². The van der Waals surface area contributed by atoms with E-state index in [1.54, 1.807) is 0 Å². The molecule has 2 aromatic carbocycles. The van der Waals surface area contributed by atoms with Crippen LogP contribution in [0.1, 0.15) is 42.5 Å². The molecule has 126 valence electrons. The van der Waals surface area contributed by atoms with Crippen molar-refractivity contribution in [2.24, 2.45) is 0 Å². The van der Waals surface area contributed by atoms with Crippen LogP contribution in [0.3, 0.4) is 0 Å². The van der Waals surface area contributed by atoms with Crippen LogP contribution in [0.4, 0.5) is 0 Å². The van der Waals surface area contributed by atoms with Crippen molar-refractivity contribution in [3.05, 3.63) is 75.8 Å². The summed E-state index contributed by atoms with van der Waals surface area (Å²) in [5.74, 6) is 0. The number of hydrogen-bond donors (Lipinski definition) is 0. The van der Waals surface area contributed by atoms with Crippen molar-refractivity contribution in [2.75, 3.05) is 19.6 Å². The Labute approximate surface area is 151 Å². The summed E-state index contributed by atoms with van der Waals surface area (Å²) < 4.78 is 0. The molecule has 0 amide bonds. The Hall–Kier alpha value is -1.57. The summed E-state index contributed by atoms with van der Waals surface area (Å²) >= 11 is 6.25. The summed E-state index contributed by atoms with van der Waals surface area (Å²) in [6.45, 7) is 7.80. The molecule has 0 N–H and O–H groups in total. The van der Waals surface area contributed by atoms with E-state index in [9.17, 15) is 0 Å². The molecule has 0 fully saturated rings. The Morgan fingerprint density at radius 1 is 0.958 bits per heavy atom. The molecule has 0 atom stereocenters. The van der Waals surface area contributed by atoms with E-state index in [4.69, 9.17) is 11.6 Å². The third kappa shape index (κ3) is 3.74. The van der Waals surface area contributed by atoms with Gasteiger partial charge in [-0.3, -0.25) is 0 Å². The van der Waals surface area contributed by atoms with Gasteiger partial charge in [-0.05, 0) is 72.3 Å². The maximum atomic E-state index is 6.25. The monoisotopic (exact) mass is 339 g/mol. The number of nitrogens with zero attached hydrogens (tertiary/aromatic N) is 1. The SMILES string of the molecule is CCN(CC)CC/C=C1\c2ccccc2CCc2cc(Cl)ccc21. The fourth-order valence-corrected chi connectivity index (χ4v) is 3.79. The Morgan fingerprint density at radius 2 is 1.67 bits per heavy atom. The highest BCUT2D eigenvalue weighted by atomic mass is 35.5. The first-order valence-corrected chi connectivity index (χ1v) is 9.40. The minimum atomic E-state index is 0.835. The van der Waals surface area contributed by atoms with Crippen LogP contribution in [0, 0.1) is 0 Å². The summed E-state index contributed by atoms with van der Waals surface area (Å²) in [7, 11) is 0. The van der Waals surface area contributed by atoms with Gasteiger partial charge in [-0.2, -0.15) is 0 Å². The summed E-state index contributed by atoms with van der Waals surface area (Å²) in [6.07, 6.45) is 5.64. The number of halogens is 1. The van der Waals surface area contributed by atoms with Gasteiger partial charge in [-0.25, -0.2) is 0 Å². The molecule has 0 aliphatic heterocycles. The van der Waals surface area contributed by atoms with Crippen LogP contribution < -0.4 is 0 Å². The predicted molar refractivity (Wildman–Crippen MR) is 105 cm³/mol. The van der Waals surface area contributed by atoms with Gasteiger partial charge in [0, 0.05) is 11.6 Å². The molecule has 0 aromatic heterocycles. The molecule has 0 bridgehead atoms. The molecule has 2 aromatic rings. The maximum absolute atomic E-state index is 6.25. The Kier molecular flexibility index (Phi) is 5.76. The van der Waals surface area contributed by atoms with Crippen molar-refractivity contribution in [1.82, 2.24) is 4.90 Å². The third-order valence-electron chi connectivity index (χ3n) is 5.02. The third-order valence-corrected chi connectivity index (χ3v) is 5.25. The molecule has 24 heavy (non-hydrogen) atoms. The van der Waals surface area contributed by atoms with Gasteiger partial charge in [-0.15, -0.1) is 0 Å². The van der Waals surface area contributed by atoms with Crippen LogP contribution in [0.5, 0.6) is 0 Å². The Morgan fingerprint density at radius 3 is 2.46 bits per heavy atom. The fourth-order valence-electron chi connectivity index (χ4n) is 3.60. The highest BCUT2D eigenvalue weighted by Crippen LogP contribution is 2.34. The van der Waals surface area contributed by atoms with E-state index >= 15 is 0 Å². The van der Waals surface area contributed by atoms with Gasteiger partial charge in [-0.1, -0.05) is 61.9 Å². The second-order valence-corrected chi connectivity index (χ2v) is 6.83. The molecular weight excluding hydrogens is 314 g/mol. The minimum absolute atomic E-state index is 0.835. The molecule has 2 heteroatoms. The van der Waals surface area contributed by atoms with E-state index in [1.165, 1.54) is 27.8 Å². The van der Waals surface area contributed by atoms with Crippen LogP contribution in [0.2, 0.25) is 5.02 Å². The van der Waals surface area contributed by atoms with Crippen molar-refractivity contribution in [2.45, 2.75) is 33.1 Å². The molecule has 0 saturated carbocycles. The van der Waals surface area contributed by atoms with Gasteiger partial charge in [0.05, 0.1) is 0 Å². The van der Waals surface area contributed by atoms with E-state index in [1.807, 2.05) is 6.07 Å². The minimum Gasteiger partial charge on any atom is -0.304 e. The van der Waals surface area contributed by atoms with Gasteiger partial charge in [0.1, 0.15) is 0 Å². The van der Waals surface area contributed by atoms with Gasteiger partial charge in [0.2, 0.25) is 0 Å². The highest BCUT2D eigenvalue weighted by Gasteiger charge is 2.17. The zero-order chi connectivity index (χ0) is 16.9. The number of aryl methyl sites for hydroxylation is 2. The zero-order valence-corrected chi connectivity index (χ0v) is 15.4. The second kappa shape index (κ2) is 8.00. The molecule has 0 spiro atoms. The average Bonchev–Trinajstić information content (AvgIpc) is 2.76. The molecule has 1 nitrogen and oxygen atoms in total. The normalized spacial score (nSPS) is 15.2. The van der Waals surface area contributed by atoms with Crippen molar-refractivity contribution >= 4 is 17.2 Å². The van der Waals surface area contributed by atoms with Gasteiger partial charge in [0.25, 0.3) is 0 Å². The molecule has 1 aliphatic carbocycles. The van der Waals surface area contributed by atoms with Crippen LogP contribution in [0.25, 0.3) is 5.57 Å². The Bertz CT molecular complexity index is 728. The molecule has 0 radical (unpaired) electrons. The number of hydrogen-bond acceptors (Lipinski definition) is 1. The standard InChI is InChI=1S/C22H26ClN/c1-3-24(4-2)15-7-10-22-20-9-6-5-8-17(20)11-12-18-16-19(23)13-14-21(18)22/h5-6,8-10,13-14,16H,3-4,7,11-12,15H2,1-2H3/b22-10+. The van der Waals surface area contributed by atoms with Crippen molar-refractivity contribution in [3.63, 3.8) is 0 Å². The van der Waals surface area contributed by atoms with E-state index in [0.29, 0.717) is 0 Å². The quantitative estimate of drug-likeness (QED) is 0.685. The lowest BCUT2D eigenvalue weighted by Gasteiger charge is -2.17. The topological polar surface area (TPSA) is 3.24 Å². The maximum Gasteiger partial charge on any atom is 0.0409 e. The Balaban J connectivity index is 1.99. The van der Waals surface area contributed by atoms with Crippen molar-refractivity contribution in [1.29, 1.82) is 0 Å². The highest BCUT2D eigenvalue weighted by molar-refractivity contribution is 6.30. The predicted octanol–water partition coefficient (Wildman–Crippen LogP) is 5.60. The molecule has 0 saturated heterocycles. The molecule has 0 heterocycles.